The second-order valence-corrected chi connectivity index (χ2v) is 7.05. The Bertz CT molecular complexity index is 436. The summed E-state index contributed by atoms with van der Waals surface area (Å²) in [6, 6.07) is 7.70. The maximum atomic E-state index is 12.1. The molecule has 0 saturated carbocycles. The monoisotopic (exact) mass is 372 g/mol. The molecule has 0 atom stereocenters. The number of carbonyl (C=O) groups excluding carboxylic acids is 1. The number of hydrogen-bond acceptors (Lipinski definition) is 2. The Kier molecular flexibility index (Phi) is 4.84. The average Bonchev–Trinajstić information content (AvgIpc) is 2.41. The third-order valence-electron chi connectivity index (χ3n) is 3.98. The highest BCUT2D eigenvalue weighted by molar-refractivity contribution is 14.1. The van der Waals surface area contributed by atoms with Crippen LogP contribution in [0.1, 0.15) is 30.1 Å². The number of nitrogens with one attached hydrogen (secondary N) is 1. The van der Waals surface area contributed by atoms with Gasteiger partial charge in [0.2, 0.25) is 0 Å². The Labute approximate surface area is 128 Å². The smallest absolute Gasteiger partial charge is 0.251 e. The summed E-state index contributed by atoms with van der Waals surface area (Å²) >= 11 is 2.24. The van der Waals surface area contributed by atoms with Crippen molar-refractivity contribution < 1.29 is 4.79 Å². The van der Waals surface area contributed by atoms with Gasteiger partial charge in [-0.15, -0.1) is 0 Å². The van der Waals surface area contributed by atoms with Gasteiger partial charge in [-0.3, -0.25) is 4.79 Å². The highest BCUT2D eigenvalue weighted by Crippen LogP contribution is 2.29. The van der Waals surface area contributed by atoms with E-state index in [0.717, 1.165) is 41.6 Å². The molecule has 0 spiro atoms. The van der Waals surface area contributed by atoms with Crippen molar-refractivity contribution in [3.8, 4) is 0 Å². The molecule has 0 bridgehead atoms. The van der Waals surface area contributed by atoms with E-state index in [1.54, 1.807) is 0 Å². The second-order valence-electron chi connectivity index (χ2n) is 5.80. The third kappa shape index (κ3) is 4.18. The number of piperidine rings is 1. The molecule has 1 amide bonds. The molecule has 1 aromatic carbocycles. The SMILES string of the molecule is CN1CCC(C)(CNC(=O)c2ccc(I)cc2)CC1. The molecular weight excluding hydrogens is 351 g/mol. The van der Waals surface area contributed by atoms with Gasteiger partial charge in [0.25, 0.3) is 5.91 Å². The van der Waals surface area contributed by atoms with Crippen LogP contribution in [0.2, 0.25) is 0 Å². The highest BCUT2D eigenvalue weighted by Gasteiger charge is 2.29. The number of benzene rings is 1. The van der Waals surface area contributed by atoms with Crippen molar-refractivity contribution in [3.63, 3.8) is 0 Å². The number of hydrogen-bond donors (Lipinski definition) is 1. The lowest BCUT2D eigenvalue weighted by atomic mass is 9.80. The van der Waals surface area contributed by atoms with Crippen LogP contribution in [0.15, 0.2) is 24.3 Å². The molecule has 1 fully saturated rings. The van der Waals surface area contributed by atoms with Crippen molar-refractivity contribution >= 4 is 28.5 Å². The van der Waals surface area contributed by atoms with Crippen LogP contribution in [0, 0.1) is 8.99 Å². The molecule has 0 aromatic heterocycles. The lowest BCUT2D eigenvalue weighted by Crippen LogP contribution is -2.43. The van der Waals surface area contributed by atoms with Crippen molar-refractivity contribution in [2.45, 2.75) is 19.8 Å². The Morgan fingerprint density at radius 1 is 1.32 bits per heavy atom. The molecule has 19 heavy (non-hydrogen) atoms. The van der Waals surface area contributed by atoms with E-state index in [0.29, 0.717) is 0 Å². The molecule has 1 N–H and O–H groups in total. The predicted octanol–water partition coefficient (Wildman–Crippen LogP) is 2.75. The van der Waals surface area contributed by atoms with Gasteiger partial charge in [-0.05, 0) is 85.3 Å². The van der Waals surface area contributed by atoms with Crippen molar-refractivity contribution in [2.24, 2.45) is 5.41 Å². The number of amides is 1. The standard InChI is InChI=1S/C15H21IN2O/c1-15(7-9-18(2)10-8-15)11-17-14(19)12-3-5-13(16)6-4-12/h3-6H,7-11H2,1-2H3,(H,17,19). The average molecular weight is 372 g/mol. The summed E-state index contributed by atoms with van der Waals surface area (Å²) in [5.74, 6) is 0.0385. The zero-order chi connectivity index (χ0) is 13.9. The van der Waals surface area contributed by atoms with Crippen LogP contribution in [0.4, 0.5) is 0 Å². The number of likely N-dealkylation sites (tertiary alicyclic amines) is 1. The highest BCUT2D eigenvalue weighted by atomic mass is 127. The van der Waals surface area contributed by atoms with E-state index in [2.05, 4.69) is 46.8 Å². The lowest BCUT2D eigenvalue weighted by molar-refractivity contribution is 0.0891. The molecule has 3 nitrogen and oxygen atoms in total. The van der Waals surface area contributed by atoms with Crippen LogP contribution in [0.5, 0.6) is 0 Å². The third-order valence-corrected chi connectivity index (χ3v) is 4.70. The molecule has 1 aliphatic rings. The lowest BCUT2D eigenvalue weighted by Gasteiger charge is -2.37. The van der Waals surface area contributed by atoms with Gasteiger partial charge in [0.15, 0.2) is 0 Å². The summed E-state index contributed by atoms with van der Waals surface area (Å²) in [6.07, 6.45) is 2.30. The molecule has 1 saturated heterocycles. The summed E-state index contributed by atoms with van der Waals surface area (Å²) in [4.78, 5) is 14.4. The van der Waals surface area contributed by atoms with Crippen LogP contribution in [-0.2, 0) is 0 Å². The van der Waals surface area contributed by atoms with Crippen molar-refractivity contribution in [2.75, 3.05) is 26.7 Å². The summed E-state index contributed by atoms with van der Waals surface area (Å²) in [5.41, 5.74) is 0.989. The molecule has 104 valence electrons. The van der Waals surface area contributed by atoms with Gasteiger partial charge in [-0.25, -0.2) is 0 Å². The van der Waals surface area contributed by atoms with Gasteiger partial charge in [-0.1, -0.05) is 6.92 Å². The summed E-state index contributed by atoms with van der Waals surface area (Å²) in [7, 11) is 2.16. The molecule has 0 aliphatic carbocycles. The number of nitrogens with zero attached hydrogens (tertiary/aromatic N) is 1. The first kappa shape index (κ1) is 14.8. The van der Waals surface area contributed by atoms with Crippen LogP contribution >= 0.6 is 22.6 Å². The summed E-state index contributed by atoms with van der Waals surface area (Å²) in [6.45, 7) is 5.28. The Hall–Kier alpha value is -0.620. The minimum atomic E-state index is 0.0385. The maximum Gasteiger partial charge on any atom is 0.251 e. The van der Waals surface area contributed by atoms with Gasteiger partial charge < -0.3 is 10.2 Å². The topological polar surface area (TPSA) is 32.3 Å². The summed E-state index contributed by atoms with van der Waals surface area (Å²) < 4.78 is 1.15. The zero-order valence-corrected chi connectivity index (χ0v) is 13.7. The van der Waals surface area contributed by atoms with Crippen LogP contribution in [0.25, 0.3) is 0 Å². The fraction of sp³-hybridized carbons (Fsp3) is 0.533. The van der Waals surface area contributed by atoms with Crippen LogP contribution in [0.3, 0.4) is 0 Å². The number of carbonyl (C=O) groups is 1. The Morgan fingerprint density at radius 3 is 2.47 bits per heavy atom. The molecule has 0 unspecified atom stereocenters. The first-order valence-electron chi connectivity index (χ1n) is 6.71. The van der Waals surface area contributed by atoms with E-state index in [1.807, 2.05) is 24.3 Å². The van der Waals surface area contributed by atoms with Crippen LogP contribution in [-0.4, -0.2) is 37.5 Å². The fourth-order valence-corrected chi connectivity index (χ4v) is 2.69. The largest absolute Gasteiger partial charge is 0.351 e. The van der Waals surface area contributed by atoms with Crippen molar-refractivity contribution in [1.82, 2.24) is 10.2 Å². The molecule has 4 heteroatoms. The van der Waals surface area contributed by atoms with Gasteiger partial charge >= 0.3 is 0 Å². The molecule has 2 rings (SSSR count). The maximum absolute atomic E-state index is 12.1. The van der Waals surface area contributed by atoms with Crippen molar-refractivity contribution in [1.29, 1.82) is 0 Å². The van der Waals surface area contributed by atoms with E-state index < -0.39 is 0 Å². The van der Waals surface area contributed by atoms with Gasteiger partial charge in [0, 0.05) is 15.7 Å². The van der Waals surface area contributed by atoms with Crippen LogP contribution < -0.4 is 5.32 Å². The van der Waals surface area contributed by atoms with E-state index in [-0.39, 0.29) is 11.3 Å². The molecule has 0 radical (unpaired) electrons. The number of halogens is 1. The minimum Gasteiger partial charge on any atom is -0.351 e. The van der Waals surface area contributed by atoms with E-state index in [1.165, 1.54) is 0 Å². The first-order valence-corrected chi connectivity index (χ1v) is 7.79. The summed E-state index contributed by atoms with van der Waals surface area (Å²) in [5, 5.41) is 3.08. The molecule has 1 heterocycles. The minimum absolute atomic E-state index is 0.0385. The van der Waals surface area contributed by atoms with Gasteiger partial charge in [0.1, 0.15) is 0 Å². The zero-order valence-electron chi connectivity index (χ0n) is 11.6. The first-order chi connectivity index (χ1) is 8.98. The molecule has 1 aliphatic heterocycles. The normalized spacial score (nSPS) is 19.1. The van der Waals surface area contributed by atoms with Gasteiger partial charge in [0.05, 0.1) is 0 Å². The second kappa shape index (κ2) is 6.22. The predicted molar refractivity (Wildman–Crippen MR) is 86.3 cm³/mol. The van der Waals surface area contributed by atoms with Gasteiger partial charge in [-0.2, -0.15) is 0 Å². The van der Waals surface area contributed by atoms with Crippen molar-refractivity contribution in [3.05, 3.63) is 33.4 Å². The van der Waals surface area contributed by atoms with E-state index in [4.69, 9.17) is 0 Å². The molecular formula is C15H21IN2O. The number of rotatable bonds is 3. The molecule has 1 aromatic rings. The fourth-order valence-electron chi connectivity index (χ4n) is 2.33. The quantitative estimate of drug-likeness (QED) is 0.828. The van der Waals surface area contributed by atoms with E-state index >= 15 is 0 Å². The van der Waals surface area contributed by atoms with E-state index in [9.17, 15) is 4.79 Å². The Balaban J connectivity index is 1.88. The Morgan fingerprint density at radius 2 is 1.89 bits per heavy atom.